The van der Waals surface area contributed by atoms with Gasteiger partial charge in [-0.15, -0.1) is 0 Å². The molecular weight excluding hydrogens is 308 g/mol. The molecule has 0 aliphatic rings. The third kappa shape index (κ3) is 6.30. The van der Waals surface area contributed by atoms with Crippen LogP contribution in [-0.2, 0) is 30.5 Å². The molecule has 0 radical (unpaired) electrons. The zero-order valence-electron chi connectivity index (χ0n) is 12.9. The highest BCUT2D eigenvalue weighted by Gasteiger charge is 2.14. The molecule has 0 saturated heterocycles. The number of rotatable bonds is 8. The first-order valence-electron chi connectivity index (χ1n) is 6.72. The van der Waals surface area contributed by atoms with Crippen LogP contribution >= 0.6 is 0 Å². The number of nitrogens with zero attached hydrogens (tertiary/aromatic N) is 1. The molecule has 0 bridgehead atoms. The molecule has 126 valence electrons. The fourth-order valence-corrected chi connectivity index (χ4v) is 1.59. The highest BCUT2D eigenvalue weighted by atomic mass is 16.7. The molecule has 0 saturated carbocycles. The molecule has 1 N–H and O–H groups in total. The summed E-state index contributed by atoms with van der Waals surface area (Å²) in [4.78, 5) is 46.9. The Morgan fingerprint density at radius 3 is 2.61 bits per heavy atom. The maximum atomic E-state index is 11.7. The molecule has 1 aromatic rings. The summed E-state index contributed by atoms with van der Waals surface area (Å²) < 4.78 is 16.1. The molecule has 9 heteroatoms. The number of ether oxygens (including phenoxy) is 3. The highest BCUT2D eigenvalue weighted by molar-refractivity contribution is 5.66. The number of esters is 2. The van der Waals surface area contributed by atoms with Crippen LogP contribution in [0.25, 0.3) is 6.08 Å². The van der Waals surface area contributed by atoms with Crippen molar-refractivity contribution in [2.24, 2.45) is 0 Å². The van der Waals surface area contributed by atoms with E-state index >= 15 is 0 Å². The summed E-state index contributed by atoms with van der Waals surface area (Å²) in [5.41, 5.74) is -1.05. The first-order valence-corrected chi connectivity index (χ1v) is 6.72. The highest BCUT2D eigenvalue weighted by Crippen LogP contribution is 2.04. The van der Waals surface area contributed by atoms with Crippen LogP contribution in [0.15, 0.2) is 22.4 Å². The Hall–Kier alpha value is -2.68. The maximum Gasteiger partial charge on any atom is 0.330 e. The Bertz CT molecular complexity index is 689. The minimum Gasteiger partial charge on any atom is -0.466 e. The van der Waals surface area contributed by atoms with Crippen molar-refractivity contribution in [1.29, 1.82) is 0 Å². The Morgan fingerprint density at radius 1 is 1.35 bits per heavy atom. The Balaban J connectivity index is 2.75. The molecule has 9 nitrogen and oxygen atoms in total. The molecule has 0 fully saturated rings. The number of hydrogen-bond donors (Lipinski definition) is 1. The third-order valence-electron chi connectivity index (χ3n) is 2.61. The van der Waals surface area contributed by atoms with Gasteiger partial charge in [0.25, 0.3) is 5.56 Å². The molecule has 0 aromatic carbocycles. The smallest absolute Gasteiger partial charge is 0.330 e. The molecule has 1 heterocycles. The van der Waals surface area contributed by atoms with Crippen LogP contribution in [0, 0.1) is 0 Å². The summed E-state index contributed by atoms with van der Waals surface area (Å²) in [5, 5.41) is 0. The van der Waals surface area contributed by atoms with E-state index in [9.17, 15) is 19.2 Å². The van der Waals surface area contributed by atoms with E-state index in [0.717, 1.165) is 4.57 Å². The molecule has 0 aliphatic carbocycles. The number of carbonyl (C=O) groups excluding carboxylic acids is 2. The second-order valence-electron chi connectivity index (χ2n) is 4.48. The minimum absolute atomic E-state index is 0.00822. The predicted molar refractivity (Wildman–Crippen MR) is 79.3 cm³/mol. The van der Waals surface area contributed by atoms with Gasteiger partial charge in [0.05, 0.1) is 12.2 Å². The molecule has 1 rings (SSSR count). The summed E-state index contributed by atoms with van der Waals surface area (Å²) in [6.45, 7) is 5.63. The average molecular weight is 326 g/mol. The van der Waals surface area contributed by atoms with Crippen LogP contribution in [0.4, 0.5) is 0 Å². The summed E-state index contributed by atoms with van der Waals surface area (Å²) in [6.07, 6.45) is 1.66. The van der Waals surface area contributed by atoms with Crippen LogP contribution in [0.1, 0.15) is 25.8 Å². The molecule has 1 aromatic heterocycles. The van der Waals surface area contributed by atoms with E-state index in [1.807, 2.05) is 0 Å². The van der Waals surface area contributed by atoms with Gasteiger partial charge in [0.2, 0.25) is 6.29 Å². The zero-order valence-corrected chi connectivity index (χ0v) is 12.9. The van der Waals surface area contributed by atoms with Gasteiger partial charge in [0.15, 0.2) is 0 Å². The van der Waals surface area contributed by atoms with Gasteiger partial charge >= 0.3 is 17.6 Å². The topological polar surface area (TPSA) is 117 Å². The van der Waals surface area contributed by atoms with Gasteiger partial charge in [0.1, 0.15) is 6.73 Å². The van der Waals surface area contributed by atoms with Crippen LogP contribution < -0.4 is 11.2 Å². The van der Waals surface area contributed by atoms with Crippen molar-refractivity contribution >= 4 is 18.0 Å². The fourth-order valence-electron chi connectivity index (χ4n) is 1.59. The van der Waals surface area contributed by atoms with Crippen LogP contribution in [0.2, 0.25) is 0 Å². The molecule has 0 aliphatic heterocycles. The monoisotopic (exact) mass is 326 g/mol. The fraction of sp³-hybridized carbons (Fsp3) is 0.429. The zero-order chi connectivity index (χ0) is 17.4. The standard InChI is InChI=1S/C14H18N2O7/c1-4-11-7-16(14(20)15-13(11)19)8-22-12(23-10(3)18)5-6-21-9(2)17/h4,7,12H,1,5-6,8H2,2-3H3,(H,15,19,20). The lowest BCUT2D eigenvalue weighted by atomic mass is 10.3. The van der Waals surface area contributed by atoms with Crippen molar-refractivity contribution in [1.82, 2.24) is 9.55 Å². The van der Waals surface area contributed by atoms with Crippen molar-refractivity contribution < 1.29 is 23.8 Å². The van der Waals surface area contributed by atoms with Crippen molar-refractivity contribution in [3.63, 3.8) is 0 Å². The van der Waals surface area contributed by atoms with Gasteiger partial charge in [-0.2, -0.15) is 0 Å². The second-order valence-corrected chi connectivity index (χ2v) is 4.48. The lowest BCUT2D eigenvalue weighted by Crippen LogP contribution is -2.33. The first-order chi connectivity index (χ1) is 10.8. The van der Waals surface area contributed by atoms with Crippen molar-refractivity contribution in [2.45, 2.75) is 33.3 Å². The van der Waals surface area contributed by atoms with E-state index in [-0.39, 0.29) is 25.3 Å². The summed E-state index contributed by atoms with van der Waals surface area (Å²) in [6, 6.07) is 0. The van der Waals surface area contributed by atoms with Crippen LogP contribution in [0.3, 0.4) is 0 Å². The van der Waals surface area contributed by atoms with E-state index in [0.29, 0.717) is 0 Å². The van der Waals surface area contributed by atoms with E-state index in [1.54, 1.807) is 0 Å². The normalized spacial score (nSPS) is 11.6. The Kier molecular flexibility index (Phi) is 6.94. The number of aromatic amines is 1. The van der Waals surface area contributed by atoms with Crippen LogP contribution in [0.5, 0.6) is 0 Å². The van der Waals surface area contributed by atoms with Gasteiger partial charge < -0.3 is 14.2 Å². The van der Waals surface area contributed by atoms with Crippen molar-refractivity contribution in [3.05, 3.63) is 39.2 Å². The molecule has 1 unspecified atom stereocenters. The van der Waals surface area contributed by atoms with Gasteiger partial charge in [-0.05, 0) is 0 Å². The van der Waals surface area contributed by atoms with E-state index in [1.165, 1.54) is 26.1 Å². The number of aromatic nitrogens is 2. The van der Waals surface area contributed by atoms with Gasteiger partial charge in [-0.3, -0.25) is 23.9 Å². The van der Waals surface area contributed by atoms with Crippen molar-refractivity contribution in [3.8, 4) is 0 Å². The predicted octanol–water partition coefficient (Wildman–Crippen LogP) is -0.00390. The van der Waals surface area contributed by atoms with Gasteiger partial charge in [0, 0.05) is 26.5 Å². The number of H-pyrrole nitrogens is 1. The lowest BCUT2D eigenvalue weighted by Gasteiger charge is -2.18. The maximum absolute atomic E-state index is 11.7. The Labute approximate surface area is 131 Å². The lowest BCUT2D eigenvalue weighted by molar-refractivity contribution is -0.189. The van der Waals surface area contributed by atoms with Gasteiger partial charge in [-0.25, -0.2) is 4.79 Å². The molecule has 23 heavy (non-hydrogen) atoms. The van der Waals surface area contributed by atoms with Crippen LogP contribution in [-0.4, -0.2) is 34.4 Å². The molecule has 0 spiro atoms. The number of carbonyl (C=O) groups is 2. The minimum atomic E-state index is -1.00. The molecule has 1 atom stereocenters. The Morgan fingerprint density at radius 2 is 2.04 bits per heavy atom. The largest absolute Gasteiger partial charge is 0.466 e. The van der Waals surface area contributed by atoms with E-state index in [2.05, 4.69) is 11.6 Å². The molecule has 0 amide bonds. The quantitative estimate of drug-likeness (QED) is 0.527. The van der Waals surface area contributed by atoms with Gasteiger partial charge in [-0.1, -0.05) is 12.7 Å². The molecular formula is C14H18N2O7. The van der Waals surface area contributed by atoms with E-state index < -0.39 is 29.5 Å². The number of nitrogens with one attached hydrogen (secondary N) is 1. The number of hydrogen-bond acceptors (Lipinski definition) is 7. The SMILES string of the molecule is C=Cc1cn(COC(CCOC(C)=O)OC(C)=O)c(=O)[nH]c1=O. The van der Waals surface area contributed by atoms with Crippen molar-refractivity contribution in [2.75, 3.05) is 6.61 Å². The summed E-state index contributed by atoms with van der Waals surface area (Å²) in [5.74, 6) is -1.06. The second kappa shape index (κ2) is 8.69. The summed E-state index contributed by atoms with van der Waals surface area (Å²) in [7, 11) is 0. The van der Waals surface area contributed by atoms with E-state index in [4.69, 9.17) is 14.2 Å². The third-order valence-corrected chi connectivity index (χ3v) is 2.61. The average Bonchev–Trinajstić information content (AvgIpc) is 2.45. The first kappa shape index (κ1) is 18.4. The summed E-state index contributed by atoms with van der Waals surface area (Å²) >= 11 is 0.